The Balaban J connectivity index is 1.41. The zero-order chi connectivity index (χ0) is 25.4. The molecule has 0 fully saturated rings. The van der Waals surface area contributed by atoms with E-state index in [1.165, 1.54) is 0 Å². The Morgan fingerprint density at radius 2 is 1.86 bits per heavy atom. The maximum Gasteiger partial charge on any atom is 0.232 e. The molecule has 0 N–H and O–H groups in total. The van der Waals surface area contributed by atoms with Crippen LogP contribution in [0, 0.1) is 6.92 Å². The number of allylic oxidation sites excluding steroid dienone is 1. The Hall–Kier alpha value is -4.03. The second-order valence-electron chi connectivity index (χ2n) is 8.53. The van der Waals surface area contributed by atoms with Crippen molar-refractivity contribution in [2.24, 2.45) is 0 Å². The standard InChI is InChI=1S/C29H24ClNO5/c1-4-31-15-19(23-13-21(34-3)9-10-24(23)31)12-27-29(33)28-17(2)11-22(14-26(28)36-27)35-16-25(32)18-5-7-20(30)8-6-18/h5-15H,4,16H2,1-3H3/b27-12-. The summed E-state index contributed by atoms with van der Waals surface area (Å²) < 4.78 is 19.2. The number of nitrogens with zero attached hydrogens (tertiary/aromatic N) is 1. The van der Waals surface area contributed by atoms with E-state index in [1.54, 1.807) is 49.6 Å². The first kappa shape index (κ1) is 23.7. The minimum absolute atomic E-state index is 0.144. The van der Waals surface area contributed by atoms with Crippen LogP contribution in [0.5, 0.6) is 17.2 Å². The summed E-state index contributed by atoms with van der Waals surface area (Å²) in [6.07, 6.45) is 3.76. The molecule has 0 saturated carbocycles. The van der Waals surface area contributed by atoms with E-state index >= 15 is 0 Å². The smallest absolute Gasteiger partial charge is 0.232 e. The Kier molecular flexibility index (Phi) is 6.29. The molecule has 36 heavy (non-hydrogen) atoms. The first-order valence-electron chi connectivity index (χ1n) is 11.5. The molecule has 0 spiro atoms. The first-order chi connectivity index (χ1) is 17.4. The summed E-state index contributed by atoms with van der Waals surface area (Å²) in [4.78, 5) is 25.7. The average molecular weight is 502 g/mol. The van der Waals surface area contributed by atoms with Gasteiger partial charge in [-0.05, 0) is 74.0 Å². The minimum Gasteiger partial charge on any atom is -0.497 e. The SMILES string of the molecule is CCn1cc(/C=C2\Oc3cc(OCC(=O)c4ccc(Cl)cc4)cc(C)c3C2=O)c2cc(OC)ccc21. The highest BCUT2D eigenvalue weighted by Gasteiger charge is 2.30. The molecule has 0 atom stereocenters. The topological polar surface area (TPSA) is 66.8 Å². The summed E-state index contributed by atoms with van der Waals surface area (Å²) in [5, 5.41) is 1.53. The van der Waals surface area contributed by atoms with Gasteiger partial charge in [-0.2, -0.15) is 0 Å². The molecule has 1 aromatic heterocycles. The second kappa shape index (κ2) is 9.55. The number of rotatable bonds is 7. The number of halogens is 1. The number of benzene rings is 3. The fraction of sp³-hybridized carbons (Fsp3) is 0.172. The summed E-state index contributed by atoms with van der Waals surface area (Å²) in [6, 6.07) is 15.9. The van der Waals surface area contributed by atoms with Crippen LogP contribution in [0.15, 0.2) is 66.6 Å². The average Bonchev–Trinajstić information content (AvgIpc) is 3.39. The van der Waals surface area contributed by atoms with Gasteiger partial charge in [0, 0.05) is 45.9 Å². The predicted octanol–water partition coefficient (Wildman–Crippen LogP) is 6.51. The quantitative estimate of drug-likeness (QED) is 0.213. The molecule has 7 heteroatoms. The van der Waals surface area contributed by atoms with Crippen molar-refractivity contribution < 1.29 is 23.8 Å². The maximum absolute atomic E-state index is 13.2. The largest absolute Gasteiger partial charge is 0.497 e. The van der Waals surface area contributed by atoms with Crippen molar-refractivity contribution in [3.8, 4) is 17.2 Å². The van der Waals surface area contributed by atoms with Crippen LogP contribution in [0.25, 0.3) is 17.0 Å². The molecule has 0 amide bonds. The fourth-order valence-electron chi connectivity index (χ4n) is 4.38. The third-order valence-electron chi connectivity index (χ3n) is 6.23. The Morgan fingerprint density at radius 1 is 1.08 bits per heavy atom. The molecule has 1 aliphatic heterocycles. The van der Waals surface area contributed by atoms with Gasteiger partial charge < -0.3 is 18.8 Å². The Labute approximate surface area is 213 Å². The van der Waals surface area contributed by atoms with Crippen LogP contribution in [-0.2, 0) is 6.54 Å². The van der Waals surface area contributed by atoms with Crippen LogP contribution in [0.2, 0.25) is 5.02 Å². The monoisotopic (exact) mass is 501 g/mol. The van der Waals surface area contributed by atoms with Crippen LogP contribution in [0.3, 0.4) is 0 Å². The molecular formula is C29H24ClNO5. The van der Waals surface area contributed by atoms with Crippen LogP contribution < -0.4 is 14.2 Å². The number of fused-ring (bicyclic) bond motifs is 2. The highest BCUT2D eigenvalue weighted by Crippen LogP contribution is 2.38. The highest BCUT2D eigenvalue weighted by atomic mass is 35.5. The Morgan fingerprint density at radius 3 is 2.58 bits per heavy atom. The van der Waals surface area contributed by atoms with Gasteiger partial charge >= 0.3 is 0 Å². The number of hydrogen-bond donors (Lipinski definition) is 0. The lowest BCUT2D eigenvalue weighted by Gasteiger charge is -2.09. The molecule has 0 radical (unpaired) electrons. The summed E-state index contributed by atoms with van der Waals surface area (Å²) in [7, 11) is 1.63. The molecule has 182 valence electrons. The van der Waals surface area contributed by atoms with Crippen molar-refractivity contribution in [3.63, 3.8) is 0 Å². The van der Waals surface area contributed by atoms with Crippen LogP contribution >= 0.6 is 11.6 Å². The lowest BCUT2D eigenvalue weighted by Crippen LogP contribution is -2.11. The summed E-state index contributed by atoms with van der Waals surface area (Å²) in [5.41, 5.74) is 3.63. The van der Waals surface area contributed by atoms with Gasteiger partial charge in [0.2, 0.25) is 5.78 Å². The molecule has 1 aliphatic rings. The number of hydrogen-bond acceptors (Lipinski definition) is 5. The van der Waals surface area contributed by atoms with Crippen LogP contribution in [0.1, 0.15) is 38.8 Å². The molecule has 3 aromatic carbocycles. The lowest BCUT2D eigenvalue weighted by atomic mass is 10.0. The normalized spacial score (nSPS) is 13.7. The molecular weight excluding hydrogens is 478 g/mol. The molecule has 0 bridgehead atoms. The second-order valence-corrected chi connectivity index (χ2v) is 8.96. The zero-order valence-corrected chi connectivity index (χ0v) is 20.9. The van der Waals surface area contributed by atoms with Crippen molar-refractivity contribution in [1.82, 2.24) is 4.57 Å². The third-order valence-corrected chi connectivity index (χ3v) is 6.48. The van der Waals surface area contributed by atoms with Crippen molar-refractivity contribution in [2.75, 3.05) is 13.7 Å². The summed E-state index contributed by atoms with van der Waals surface area (Å²) in [6.45, 7) is 4.53. The van der Waals surface area contributed by atoms with E-state index in [4.69, 9.17) is 25.8 Å². The fourth-order valence-corrected chi connectivity index (χ4v) is 4.50. The van der Waals surface area contributed by atoms with E-state index in [1.807, 2.05) is 31.3 Å². The Bertz CT molecular complexity index is 1530. The minimum atomic E-state index is -0.188. The van der Waals surface area contributed by atoms with E-state index in [0.29, 0.717) is 33.2 Å². The summed E-state index contributed by atoms with van der Waals surface area (Å²) in [5.74, 6) is 1.48. The van der Waals surface area contributed by atoms with Crippen molar-refractivity contribution in [2.45, 2.75) is 20.4 Å². The number of methoxy groups -OCH3 is 1. The number of aromatic nitrogens is 1. The number of carbonyl (C=O) groups is 2. The molecule has 0 saturated heterocycles. The summed E-state index contributed by atoms with van der Waals surface area (Å²) >= 11 is 5.89. The van der Waals surface area contributed by atoms with Crippen molar-refractivity contribution in [3.05, 3.63) is 93.8 Å². The van der Waals surface area contributed by atoms with E-state index in [2.05, 4.69) is 11.5 Å². The molecule has 6 nitrogen and oxygen atoms in total. The number of ketones is 2. The van der Waals surface area contributed by atoms with E-state index in [9.17, 15) is 9.59 Å². The van der Waals surface area contributed by atoms with Gasteiger partial charge in [-0.25, -0.2) is 0 Å². The lowest BCUT2D eigenvalue weighted by molar-refractivity contribution is 0.0920. The van der Waals surface area contributed by atoms with Gasteiger partial charge in [0.15, 0.2) is 18.1 Å². The van der Waals surface area contributed by atoms with Crippen LogP contribution in [-0.4, -0.2) is 29.9 Å². The molecule has 0 unspecified atom stereocenters. The van der Waals surface area contributed by atoms with E-state index in [0.717, 1.165) is 28.8 Å². The van der Waals surface area contributed by atoms with Gasteiger partial charge in [-0.1, -0.05) is 11.6 Å². The number of carbonyl (C=O) groups excluding carboxylic acids is 2. The molecule has 5 rings (SSSR count). The van der Waals surface area contributed by atoms with Crippen molar-refractivity contribution >= 4 is 40.1 Å². The molecule has 0 aliphatic carbocycles. The first-order valence-corrected chi connectivity index (χ1v) is 11.9. The van der Waals surface area contributed by atoms with E-state index < -0.39 is 0 Å². The highest BCUT2D eigenvalue weighted by molar-refractivity contribution is 6.30. The number of Topliss-reactive ketones (excluding diaryl/α,β-unsaturated/α-hetero) is 2. The van der Waals surface area contributed by atoms with Gasteiger partial charge in [0.25, 0.3) is 0 Å². The van der Waals surface area contributed by atoms with Crippen molar-refractivity contribution in [1.29, 1.82) is 0 Å². The number of aryl methyl sites for hydroxylation is 2. The maximum atomic E-state index is 13.2. The van der Waals surface area contributed by atoms with Gasteiger partial charge in [0.1, 0.15) is 17.2 Å². The zero-order valence-electron chi connectivity index (χ0n) is 20.1. The van der Waals surface area contributed by atoms with Crippen LogP contribution in [0.4, 0.5) is 0 Å². The van der Waals surface area contributed by atoms with E-state index in [-0.39, 0.29) is 23.9 Å². The number of ether oxygens (including phenoxy) is 3. The molecule has 2 heterocycles. The van der Waals surface area contributed by atoms with Gasteiger partial charge in [-0.3, -0.25) is 9.59 Å². The van der Waals surface area contributed by atoms with Gasteiger partial charge in [0.05, 0.1) is 12.7 Å². The third kappa shape index (κ3) is 4.36. The van der Waals surface area contributed by atoms with Gasteiger partial charge in [-0.15, -0.1) is 0 Å². The predicted molar refractivity (Wildman–Crippen MR) is 140 cm³/mol. The molecule has 4 aromatic rings.